The van der Waals surface area contributed by atoms with Gasteiger partial charge in [0, 0.05) is 19.4 Å². The summed E-state index contributed by atoms with van der Waals surface area (Å²) in [6, 6.07) is 0. The molecule has 0 aromatic rings. The molecule has 0 heterocycles. The Labute approximate surface area is 357 Å². The van der Waals surface area contributed by atoms with Crippen LogP contribution in [0.5, 0.6) is 0 Å². The first-order valence-corrected chi connectivity index (χ1v) is 25.8. The zero-order chi connectivity index (χ0) is 42.5. The number of phosphoric ester groups is 1. The fourth-order valence-corrected chi connectivity index (χ4v) is 7.70. The smallest absolute Gasteiger partial charge is 0.463 e. The lowest BCUT2D eigenvalue weighted by Crippen LogP contribution is -2.27. The summed E-state index contributed by atoms with van der Waals surface area (Å²) in [7, 11) is -4.41. The van der Waals surface area contributed by atoms with Gasteiger partial charge in [0.25, 0.3) is 0 Å². The van der Waals surface area contributed by atoms with E-state index in [4.69, 9.17) is 13.8 Å². The lowest BCUT2D eigenvalue weighted by molar-refractivity contribution is -0.147. The molecule has 0 aromatic carbocycles. The highest BCUT2D eigenvalue weighted by Gasteiger charge is 2.23. The third kappa shape index (κ3) is 45.6. The number of hydrogen-bond acceptors (Lipinski definition) is 7. The van der Waals surface area contributed by atoms with Crippen LogP contribution in [0.3, 0.4) is 0 Å². The van der Waals surface area contributed by atoms with Gasteiger partial charge in [0.05, 0.1) is 13.2 Å². The van der Waals surface area contributed by atoms with E-state index >= 15 is 0 Å². The molecule has 0 aromatic heterocycles. The van der Waals surface area contributed by atoms with Crippen LogP contribution >= 0.6 is 7.82 Å². The molecule has 0 saturated heterocycles. The van der Waals surface area contributed by atoms with E-state index in [1.165, 1.54) is 167 Å². The third-order valence-corrected chi connectivity index (χ3v) is 11.6. The number of hydrogen-bond donors (Lipinski definition) is 3. The summed E-state index contributed by atoms with van der Waals surface area (Å²) < 4.78 is 26.9. The molecule has 9 nitrogen and oxygen atoms in total. The average molecular weight is 842 g/mol. The van der Waals surface area contributed by atoms with Crippen LogP contribution in [0.1, 0.15) is 239 Å². The van der Waals surface area contributed by atoms with Crippen LogP contribution in [0.2, 0.25) is 0 Å². The SMILES string of the molecule is CCCCC/C=C\C/C=C\CCCCCCCCCCCCCCCC(=O)NCCOP(=O)(O)OCC(O)COC(=O)CCCCCCCCCCCCCCCC. The van der Waals surface area contributed by atoms with Crippen molar-refractivity contribution in [2.24, 2.45) is 0 Å². The van der Waals surface area contributed by atoms with Crippen molar-refractivity contribution >= 4 is 19.7 Å². The molecule has 0 rings (SSSR count). The van der Waals surface area contributed by atoms with Gasteiger partial charge in [-0.2, -0.15) is 0 Å². The Kier molecular flexibility index (Phi) is 43.9. The first kappa shape index (κ1) is 56.5. The second kappa shape index (κ2) is 45.0. The Morgan fingerprint density at radius 1 is 0.534 bits per heavy atom. The van der Waals surface area contributed by atoms with Gasteiger partial charge in [0.2, 0.25) is 5.91 Å². The maximum absolute atomic E-state index is 12.1. The monoisotopic (exact) mass is 842 g/mol. The van der Waals surface area contributed by atoms with E-state index in [0.29, 0.717) is 6.42 Å². The second-order valence-corrected chi connectivity index (χ2v) is 17.9. The number of rotatable bonds is 46. The number of ether oxygens (including phenoxy) is 1. The summed E-state index contributed by atoms with van der Waals surface area (Å²) in [4.78, 5) is 34.0. The zero-order valence-corrected chi connectivity index (χ0v) is 38.6. The van der Waals surface area contributed by atoms with E-state index in [9.17, 15) is 24.2 Å². The van der Waals surface area contributed by atoms with Crippen molar-refractivity contribution in [1.82, 2.24) is 5.32 Å². The summed E-state index contributed by atoms with van der Waals surface area (Å²) in [5.41, 5.74) is 0. The molecule has 58 heavy (non-hydrogen) atoms. The molecule has 2 atom stereocenters. The van der Waals surface area contributed by atoms with Crippen LogP contribution < -0.4 is 5.32 Å². The summed E-state index contributed by atoms with van der Waals surface area (Å²) >= 11 is 0. The Hall–Kier alpha value is -1.51. The van der Waals surface area contributed by atoms with Crippen molar-refractivity contribution in [2.75, 3.05) is 26.4 Å². The van der Waals surface area contributed by atoms with E-state index in [2.05, 4.69) is 43.5 Å². The van der Waals surface area contributed by atoms with Crippen molar-refractivity contribution in [3.8, 4) is 0 Å². The molecular formula is C48H92NO8P. The minimum atomic E-state index is -4.41. The number of unbranched alkanes of at least 4 members (excludes halogenated alkanes) is 29. The molecule has 0 aliphatic rings. The molecule has 0 radical (unpaired) electrons. The van der Waals surface area contributed by atoms with Crippen LogP contribution in [0.25, 0.3) is 0 Å². The number of carbonyl (C=O) groups is 2. The molecule has 0 bridgehead atoms. The van der Waals surface area contributed by atoms with Gasteiger partial charge in [0.1, 0.15) is 12.7 Å². The molecule has 0 aliphatic heterocycles. The molecule has 2 unspecified atom stereocenters. The van der Waals surface area contributed by atoms with Crippen molar-refractivity contribution in [3.63, 3.8) is 0 Å². The molecular weight excluding hydrogens is 750 g/mol. The molecule has 0 fully saturated rings. The first-order chi connectivity index (χ1) is 28.3. The maximum atomic E-state index is 12.1. The van der Waals surface area contributed by atoms with E-state index in [1.54, 1.807) is 0 Å². The van der Waals surface area contributed by atoms with Crippen LogP contribution in [0.4, 0.5) is 0 Å². The van der Waals surface area contributed by atoms with Crippen molar-refractivity contribution < 1.29 is 37.9 Å². The van der Waals surface area contributed by atoms with E-state index in [-0.39, 0.29) is 32.1 Å². The molecule has 0 aliphatic carbocycles. The predicted molar refractivity (Wildman–Crippen MR) is 243 cm³/mol. The number of nitrogens with one attached hydrogen (secondary N) is 1. The number of aliphatic hydroxyl groups is 1. The number of aliphatic hydroxyl groups excluding tert-OH is 1. The lowest BCUT2D eigenvalue weighted by Gasteiger charge is -2.15. The van der Waals surface area contributed by atoms with Crippen molar-refractivity contribution in [3.05, 3.63) is 24.3 Å². The number of esters is 1. The lowest BCUT2D eigenvalue weighted by atomic mass is 10.0. The van der Waals surface area contributed by atoms with Gasteiger partial charge in [0.15, 0.2) is 0 Å². The Balaban J connectivity index is 3.53. The minimum Gasteiger partial charge on any atom is -0.463 e. The summed E-state index contributed by atoms with van der Waals surface area (Å²) in [6.45, 7) is 3.56. The average Bonchev–Trinajstić information content (AvgIpc) is 3.21. The van der Waals surface area contributed by atoms with Crippen molar-refractivity contribution in [1.29, 1.82) is 0 Å². The van der Waals surface area contributed by atoms with Gasteiger partial charge in [-0.05, 0) is 44.9 Å². The largest absolute Gasteiger partial charge is 0.472 e. The first-order valence-electron chi connectivity index (χ1n) is 24.3. The highest BCUT2D eigenvalue weighted by Crippen LogP contribution is 2.42. The Bertz CT molecular complexity index is 1010. The number of amides is 1. The molecule has 342 valence electrons. The summed E-state index contributed by atoms with van der Waals surface area (Å²) in [5, 5.41) is 12.7. The highest BCUT2D eigenvalue weighted by molar-refractivity contribution is 7.47. The normalized spacial score (nSPS) is 13.4. The van der Waals surface area contributed by atoms with E-state index in [1.807, 2.05) is 0 Å². The fraction of sp³-hybridized carbons (Fsp3) is 0.875. The van der Waals surface area contributed by atoms with Gasteiger partial charge in [-0.25, -0.2) is 4.57 Å². The highest BCUT2D eigenvalue weighted by atomic mass is 31.2. The zero-order valence-electron chi connectivity index (χ0n) is 37.8. The van der Waals surface area contributed by atoms with Crippen LogP contribution in [-0.4, -0.2) is 54.3 Å². The second-order valence-electron chi connectivity index (χ2n) is 16.4. The van der Waals surface area contributed by atoms with E-state index < -0.39 is 26.5 Å². The molecule has 1 amide bonds. The molecule has 0 spiro atoms. The topological polar surface area (TPSA) is 131 Å². The predicted octanol–water partition coefficient (Wildman–Crippen LogP) is 13.9. The van der Waals surface area contributed by atoms with Gasteiger partial charge < -0.3 is 20.1 Å². The van der Waals surface area contributed by atoms with Gasteiger partial charge in [-0.15, -0.1) is 0 Å². The number of carbonyl (C=O) groups excluding carboxylic acids is 2. The van der Waals surface area contributed by atoms with E-state index in [0.717, 1.165) is 44.9 Å². The molecule has 3 N–H and O–H groups in total. The maximum Gasteiger partial charge on any atom is 0.472 e. The minimum absolute atomic E-state index is 0.0842. The summed E-state index contributed by atoms with van der Waals surface area (Å²) in [5.74, 6) is -0.508. The van der Waals surface area contributed by atoms with Crippen LogP contribution in [-0.2, 0) is 27.9 Å². The van der Waals surface area contributed by atoms with Crippen LogP contribution in [0, 0.1) is 0 Å². The van der Waals surface area contributed by atoms with Crippen LogP contribution in [0.15, 0.2) is 24.3 Å². The fourth-order valence-electron chi connectivity index (χ4n) is 6.94. The third-order valence-electron chi connectivity index (χ3n) is 10.6. The summed E-state index contributed by atoms with van der Waals surface area (Å²) in [6.07, 6.45) is 49.7. The van der Waals surface area contributed by atoms with Gasteiger partial charge >= 0.3 is 13.8 Å². The number of phosphoric acid groups is 1. The van der Waals surface area contributed by atoms with Crippen molar-refractivity contribution in [2.45, 2.75) is 245 Å². The molecule has 10 heteroatoms. The number of allylic oxidation sites excluding steroid dienone is 4. The Morgan fingerprint density at radius 3 is 1.41 bits per heavy atom. The Morgan fingerprint density at radius 2 is 0.931 bits per heavy atom. The standard InChI is InChI=1S/C48H92NO8P/c1-3-5-7-9-11-13-15-17-19-20-21-22-23-24-25-26-27-28-30-32-34-36-38-40-47(51)49-42-43-56-58(53,54)57-45-46(50)44-55-48(52)41-39-37-35-33-31-29-18-16-14-12-10-8-6-4-2/h11,13,17,19,46,50H,3-10,12,14-16,18,20-45H2,1-2H3,(H,49,51)(H,53,54)/b13-11-,19-17-. The quantitative estimate of drug-likeness (QED) is 0.0239. The molecule has 0 saturated carbocycles. The van der Waals surface area contributed by atoms with Gasteiger partial charge in [-0.3, -0.25) is 18.6 Å². The van der Waals surface area contributed by atoms with Gasteiger partial charge in [-0.1, -0.05) is 205 Å².